The van der Waals surface area contributed by atoms with Crippen LogP contribution in [-0.2, 0) is 61.3 Å². The molecule has 6 aliphatic rings. The van der Waals surface area contributed by atoms with E-state index in [-0.39, 0.29) is 106 Å². The van der Waals surface area contributed by atoms with Crippen LogP contribution in [0.2, 0.25) is 5.15 Å². The second kappa shape index (κ2) is 38.8. The van der Waals surface area contributed by atoms with Crippen molar-refractivity contribution in [1.82, 2.24) is 29.2 Å². The molecule has 576 valence electrons. The molecule has 4 saturated heterocycles. The second-order valence-electron chi connectivity index (χ2n) is 26.8. The molecule has 0 saturated carbocycles. The van der Waals surface area contributed by atoms with Gasteiger partial charge in [-0.2, -0.15) is 13.9 Å². The summed E-state index contributed by atoms with van der Waals surface area (Å²) in [5.74, 6) is 3.32. The minimum absolute atomic E-state index is 0.00162. The highest BCUT2D eigenvalue weighted by Gasteiger charge is 2.46. The number of pyridine rings is 2. The maximum atomic E-state index is 14.0. The topological polar surface area (TPSA) is 376 Å². The number of amides is 2. The number of anilines is 1. The number of nitrogens with one attached hydrogen (secondary N) is 3. The number of carbonyl (C=O) groups excluding carboxylic acids is 2. The van der Waals surface area contributed by atoms with Crippen LogP contribution in [0.15, 0.2) is 131 Å². The van der Waals surface area contributed by atoms with Crippen LogP contribution in [-0.4, -0.2) is 199 Å². The maximum absolute atomic E-state index is 14.0. The highest BCUT2D eigenvalue weighted by atomic mass is 35.5. The third-order valence-electron chi connectivity index (χ3n) is 17.9. The quantitative estimate of drug-likeness (QED) is 0.0132. The number of hydrogen-bond acceptors (Lipinski definition) is 25. The van der Waals surface area contributed by atoms with Gasteiger partial charge in [-0.1, -0.05) is 69.6 Å². The molecule has 12 rings (SSSR count). The maximum Gasteiger partial charge on any atom is 0.407 e. The molecule has 107 heavy (non-hydrogen) atoms. The predicted molar refractivity (Wildman–Crippen MR) is 389 cm³/mol. The zero-order valence-electron chi connectivity index (χ0n) is 59.8. The summed E-state index contributed by atoms with van der Waals surface area (Å²) in [4.78, 5) is 37.5. The van der Waals surface area contributed by atoms with Gasteiger partial charge in [0.05, 0.1) is 97.7 Å². The summed E-state index contributed by atoms with van der Waals surface area (Å²) in [6, 6.07) is 30.3. The summed E-state index contributed by atoms with van der Waals surface area (Å²) in [5.41, 5.74) is 8.13. The first-order valence-corrected chi connectivity index (χ1v) is 38.6. The number of benzene rings is 4. The molecule has 6 aliphatic heterocycles. The van der Waals surface area contributed by atoms with E-state index in [2.05, 4.69) is 30.8 Å². The lowest BCUT2D eigenvalue weighted by Crippen LogP contribution is -2.51. The summed E-state index contributed by atoms with van der Waals surface area (Å²) in [7, 11) is -8.14. The summed E-state index contributed by atoms with van der Waals surface area (Å²) in [5, 5.41) is 41.4. The number of aromatic nitrogens is 2. The van der Waals surface area contributed by atoms with E-state index in [4.69, 9.17) is 86.0 Å². The van der Waals surface area contributed by atoms with Crippen LogP contribution in [0.4, 0.5) is 21.1 Å². The molecule has 6 aromatic rings. The second-order valence-corrected chi connectivity index (χ2v) is 31.1. The minimum Gasteiger partial charge on any atom is -0.494 e. The molecule has 0 radical (unpaired) electrons. The van der Waals surface area contributed by atoms with Gasteiger partial charge in [-0.3, -0.25) is 4.98 Å². The van der Waals surface area contributed by atoms with Gasteiger partial charge in [0, 0.05) is 57.3 Å². The number of hydrogen-bond donors (Lipinski definition) is 6. The molecule has 0 unspecified atom stereocenters. The lowest BCUT2D eigenvalue weighted by Gasteiger charge is -2.31. The van der Waals surface area contributed by atoms with E-state index in [1.54, 1.807) is 60.7 Å². The van der Waals surface area contributed by atoms with E-state index >= 15 is 0 Å². The molecule has 0 spiro atoms. The number of sulfonamides is 2. The standard InChI is InChI=1S/C37H45N5O10S.C31H43N3O10S.C6H3ClN2/c1-24(2)20-42(53(45,46)28-9-10-32-33(17-28)51-23-50-32)21-31(43)30(41-37(44)52-34-22-49-36-29(34)12-15-48-36)16-25-4-7-27(8-5-25)47-14-3-13-39-35-11-6-26(18-38)19-40-35;1-20(2)16-34(45(37,38)23-8-9-27-28(15-23)43-19-42-27)17-26(35)25(14-21-4-6-22(7-5-21)39-12-3-11-32)33-31(36)44-29-18-41-30-24(29)10-13-40-30;1-8-5-2-3-6(7)9-4-5/h4-11,17,19,24,29-31,34,36,43H,3,12-16,20-23H2,1-2H3,(H,39,40)(H,41,44);4-9,15,20,24-26,29-30,35H,3,10-14,16-19,32H2,1-2H3,(H,33,36);2-4H/t29-,30-,31+,34+,36+;24-,25-,26+,29-,30+;/m00./s1. The smallest absolute Gasteiger partial charge is 0.407 e. The summed E-state index contributed by atoms with van der Waals surface area (Å²) in [6.45, 7) is 17.4. The number of alkyl carbamates (subject to hydrolysis) is 2. The molecule has 10 atom stereocenters. The van der Waals surface area contributed by atoms with Crippen LogP contribution >= 0.6 is 11.6 Å². The lowest BCUT2D eigenvalue weighted by atomic mass is 10.0. The van der Waals surface area contributed by atoms with Crippen molar-refractivity contribution in [3.8, 4) is 40.6 Å². The molecular formula is C74H91ClN10O20S2. The Labute approximate surface area is 627 Å². The van der Waals surface area contributed by atoms with Crippen molar-refractivity contribution in [1.29, 1.82) is 5.26 Å². The number of aliphatic hydroxyl groups is 2. The molecule has 8 heterocycles. The number of fused-ring (bicyclic) bond motifs is 4. The minimum atomic E-state index is -4.09. The van der Waals surface area contributed by atoms with Gasteiger partial charge in [-0.15, -0.1) is 0 Å². The number of rotatable bonds is 32. The van der Waals surface area contributed by atoms with Gasteiger partial charge < -0.3 is 88.7 Å². The van der Waals surface area contributed by atoms with E-state index in [9.17, 15) is 36.6 Å². The van der Waals surface area contributed by atoms with Gasteiger partial charge >= 0.3 is 12.2 Å². The molecule has 7 N–H and O–H groups in total. The van der Waals surface area contributed by atoms with Crippen molar-refractivity contribution >= 4 is 55.3 Å². The first kappa shape index (κ1) is 80.7. The van der Waals surface area contributed by atoms with Crippen LogP contribution in [0.25, 0.3) is 4.85 Å². The highest BCUT2D eigenvalue weighted by molar-refractivity contribution is 7.89. The normalized spacial score (nSPS) is 19.9. The van der Waals surface area contributed by atoms with Crippen molar-refractivity contribution in [2.24, 2.45) is 29.4 Å². The fourth-order valence-electron chi connectivity index (χ4n) is 12.4. The van der Waals surface area contributed by atoms with Crippen LogP contribution in [0, 0.1) is 41.6 Å². The van der Waals surface area contributed by atoms with Crippen LogP contribution in [0.1, 0.15) is 70.1 Å². The van der Waals surface area contributed by atoms with Crippen LogP contribution < -0.4 is 50.1 Å². The average Bonchev–Trinajstić information content (AvgIpc) is 1.55. The van der Waals surface area contributed by atoms with Crippen molar-refractivity contribution in [2.75, 3.05) is 97.8 Å². The van der Waals surface area contributed by atoms with Gasteiger partial charge in [0.1, 0.15) is 40.7 Å². The SMILES string of the molecule is CC(C)CN(C[C@@H](O)[C@H](Cc1ccc(OCCCN)cc1)NC(=O)O[C@H]1CO[C@H]2OCC[C@H]21)S(=O)(=O)c1ccc2c(c1)OCO2.CC(C)CN(C[C@@H](O)[C@H](Cc1ccc(OCCCNc2ccc(C#N)cn2)cc1)NC(=O)O[C@@H]1CO[C@H]2OCC[C@H]21)S(=O)(=O)c1ccc2c(c1)OCO2.[C-]#[N+]c1ccc(Cl)nc1. The summed E-state index contributed by atoms with van der Waals surface area (Å²) < 4.78 is 125. The monoisotopic (exact) mass is 1540 g/mol. The van der Waals surface area contributed by atoms with Gasteiger partial charge in [0.2, 0.25) is 39.3 Å². The van der Waals surface area contributed by atoms with Crippen molar-refractivity contribution < 1.29 is 93.5 Å². The number of nitrogens with two attached hydrogens (primary N) is 1. The molecule has 0 bridgehead atoms. The Balaban J connectivity index is 0.000000206. The van der Waals surface area contributed by atoms with E-state index in [0.717, 1.165) is 24.0 Å². The lowest BCUT2D eigenvalue weighted by molar-refractivity contribution is -0.0909. The number of nitriles is 1. The number of nitrogens with zero attached hydrogens (tertiary/aromatic N) is 6. The third kappa shape index (κ3) is 22.9. The third-order valence-corrected chi connectivity index (χ3v) is 21.8. The Kier molecular flexibility index (Phi) is 29.2. The molecule has 33 heteroatoms. The first-order chi connectivity index (χ1) is 51.5. The van der Waals surface area contributed by atoms with Crippen molar-refractivity contribution in [3.63, 3.8) is 0 Å². The molecule has 2 amide bonds. The summed E-state index contributed by atoms with van der Waals surface area (Å²) >= 11 is 5.45. The number of halogens is 1. The zero-order valence-corrected chi connectivity index (χ0v) is 62.2. The molecule has 0 aliphatic carbocycles. The van der Waals surface area contributed by atoms with Gasteiger partial charge in [-0.25, -0.2) is 36.3 Å². The fraction of sp³-hybridized carbons (Fsp3) is 0.486. The Bertz CT molecular complexity index is 4200. The Hall–Kier alpha value is -8.87. The Morgan fingerprint density at radius 2 is 1.13 bits per heavy atom. The van der Waals surface area contributed by atoms with Gasteiger partial charge in [-0.05, 0) is 135 Å². The van der Waals surface area contributed by atoms with Crippen molar-refractivity contribution in [3.05, 3.63) is 155 Å². The highest BCUT2D eigenvalue weighted by Crippen LogP contribution is 2.38. The van der Waals surface area contributed by atoms with Crippen LogP contribution in [0.5, 0.6) is 34.5 Å². The number of carbonyl (C=O) groups is 2. The number of ether oxygens (including phenoxy) is 12. The van der Waals surface area contributed by atoms with E-state index < -0.39 is 75.0 Å². The first-order valence-electron chi connectivity index (χ1n) is 35.3. The van der Waals surface area contributed by atoms with Crippen LogP contribution in [0.3, 0.4) is 0 Å². The molecule has 4 aromatic carbocycles. The Morgan fingerprint density at radius 1 is 0.645 bits per heavy atom. The van der Waals surface area contributed by atoms with E-state index in [1.807, 2.05) is 58.0 Å². The Morgan fingerprint density at radius 3 is 1.56 bits per heavy atom. The van der Waals surface area contributed by atoms with Crippen molar-refractivity contribution in [2.45, 2.75) is 125 Å². The zero-order chi connectivity index (χ0) is 76.0. The fourth-order valence-corrected chi connectivity index (χ4v) is 15.8. The molecule has 4 fully saturated rings. The van der Waals surface area contributed by atoms with E-state index in [1.165, 1.54) is 45.3 Å². The molecule has 30 nitrogen and oxygen atoms in total. The van der Waals surface area contributed by atoms with Gasteiger partial charge in [0.15, 0.2) is 35.6 Å². The summed E-state index contributed by atoms with van der Waals surface area (Å²) in [6.07, 6.45) is 0.324. The number of aliphatic hydroxyl groups excluding tert-OH is 2. The van der Waals surface area contributed by atoms with Gasteiger partial charge in [0.25, 0.3) is 0 Å². The average molecular weight is 1540 g/mol. The molecular weight excluding hydrogens is 1450 g/mol. The largest absolute Gasteiger partial charge is 0.494 e. The molecule has 2 aromatic heterocycles. The predicted octanol–water partition coefficient (Wildman–Crippen LogP) is 8.20. The van der Waals surface area contributed by atoms with E-state index in [0.29, 0.717) is 109 Å².